The third-order valence-corrected chi connectivity index (χ3v) is 4.41. The molecule has 1 aromatic heterocycles. The van der Waals surface area contributed by atoms with Crippen LogP contribution in [-0.2, 0) is 11.3 Å². The van der Waals surface area contributed by atoms with Crippen molar-refractivity contribution in [2.24, 2.45) is 4.99 Å². The molecule has 1 saturated heterocycles. The van der Waals surface area contributed by atoms with Gasteiger partial charge in [0.1, 0.15) is 0 Å². The van der Waals surface area contributed by atoms with E-state index in [0.717, 1.165) is 58.1 Å². The van der Waals surface area contributed by atoms with E-state index in [4.69, 9.17) is 4.74 Å². The molecule has 0 bridgehead atoms. The second-order valence-corrected chi connectivity index (χ2v) is 6.96. The lowest BCUT2D eigenvalue weighted by molar-refractivity contribution is 0.0532. The molecule has 25 heavy (non-hydrogen) atoms. The maximum atomic E-state index is 5.64. The molecule has 1 fully saturated rings. The van der Waals surface area contributed by atoms with Gasteiger partial charge in [0.05, 0.1) is 25.5 Å². The molecule has 2 heterocycles. The van der Waals surface area contributed by atoms with Crippen LogP contribution in [-0.4, -0.2) is 72.6 Å². The predicted octanol–water partition coefficient (Wildman–Crippen LogP) is 1.25. The van der Waals surface area contributed by atoms with Crippen LogP contribution in [0.4, 0.5) is 0 Å². The molecule has 1 aliphatic heterocycles. The summed E-state index contributed by atoms with van der Waals surface area (Å²) in [6, 6.07) is 0.486. The average Bonchev–Trinajstić information content (AvgIpc) is 3.00. The van der Waals surface area contributed by atoms with Crippen molar-refractivity contribution in [2.75, 3.05) is 39.8 Å². The lowest BCUT2D eigenvalue weighted by Gasteiger charge is -2.33. The summed E-state index contributed by atoms with van der Waals surface area (Å²) in [6.45, 7) is 12.0. The number of ether oxygens (including phenoxy) is 1. The van der Waals surface area contributed by atoms with Gasteiger partial charge in [-0.2, -0.15) is 5.10 Å². The van der Waals surface area contributed by atoms with Crippen molar-refractivity contribution in [2.45, 2.75) is 52.3 Å². The van der Waals surface area contributed by atoms with Crippen LogP contribution in [0.1, 0.15) is 32.3 Å². The first-order valence-electron chi connectivity index (χ1n) is 9.37. The van der Waals surface area contributed by atoms with Gasteiger partial charge in [-0.25, -0.2) is 0 Å². The Morgan fingerprint density at radius 1 is 1.36 bits per heavy atom. The predicted molar refractivity (Wildman–Crippen MR) is 102 cm³/mol. The zero-order chi connectivity index (χ0) is 18.1. The number of likely N-dealkylation sites (tertiary alicyclic amines) is 1. The van der Waals surface area contributed by atoms with Gasteiger partial charge in [0, 0.05) is 45.5 Å². The first-order valence-corrected chi connectivity index (χ1v) is 9.37. The summed E-state index contributed by atoms with van der Waals surface area (Å²) in [7, 11) is 1.83. The lowest BCUT2D eigenvalue weighted by atomic mass is 10.1. The molecule has 7 nitrogen and oxygen atoms in total. The van der Waals surface area contributed by atoms with Gasteiger partial charge in [-0.05, 0) is 39.2 Å². The zero-order valence-electron chi connectivity index (χ0n) is 16.2. The molecule has 2 N–H and O–H groups in total. The van der Waals surface area contributed by atoms with E-state index in [1.807, 2.05) is 17.9 Å². The number of aliphatic imine (C=N–C) groups is 1. The summed E-state index contributed by atoms with van der Waals surface area (Å²) >= 11 is 0. The van der Waals surface area contributed by atoms with E-state index >= 15 is 0 Å². The number of hydrogen-bond donors (Lipinski definition) is 2. The Kier molecular flexibility index (Phi) is 8.21. The SMILES string of the molecule is CN=C(NCCn1cc(C)cn1)NC1CCN(CCOC(C)C)CC1. The van der Waals surface area contributed by atoms with E-state index in [0.29, 0.717) is 12.1 Å². The maximum Gasteiger partial charge on any atom is 0.191 e. The molecular weight excluding hydrogens is 316 g/mol. The summed E-state index contributed by atoms with van der Waals surface area (Å²) in [6.07, 6.45) is 6.53. The van der Waals surface area contributed by atoms with Gasteiger partial charge < -0.3 is 20.3 Å². The van der Waals surface area contributed by atoms with Crippen molar-refractivity contribution in [3.8, 4) is 0 Å². The van der Waals surface area contributed by atoms with E-state index in [2.05, 4.69) is 52.6 Å². The molecule has 0 saturated carbocycles. The summed E-state index contributed by atoms with van der Waals surface area (Å²) in [5.74, 6) is 0.880. The normalized spacial score (nSPS) is 17.2. The second-order valence-electron chi connectivity index (χ2n) is 6.96. The minimum atomic E-state index is 0.319. The zero-order valence-corrected chi connectivity index (χ0v) is 16.2. The van der Waals surface area contributed by atoms with Gasteiger partial charge in [0.15, 0.2) is 5.96 Å². The number of hydrogen-bond acceptors (Lipinski definition) is 4. The first kappa shape index (κ1) is 19.7. The highest BCUT2D eigenvalue weighted by Crippen LogP contribution is 2.10. The highest BCUT2D eigenvalue weighted by Gasteiger charge is 2.19. The van der Waals surface area contributed by atoms with Crippen molar-refractivity contribution >= 4 is 5.96 Å². The molecular formula is C18H34N6O. The standard InChI is InChI=1S/C18H34N6O/c1-15(2)25-12-11-23-8-5-17(6-9-23)22-18(19-4)20-7-10-24-14-16(3)13-21-24/h13-15,17H,5-12H2,1-4H3,(H2,19,20,22). The van der Waals surface area contributed by atoms with Crippen LogP contribution in [0.5, 0.6) is 0 Å². The van der Waals surface area contributed by atoms with Crippen LogP contribution in [0.2, 0.25) is 0 Å². The molecule has 0 atom stereocenters. The quantitative estimate of drug-likeness (QED) is 0.546. The fourth-order valence-electron chi connectivity index (χ4n) is 2.98. The number of rotatable bonds is 8. The number of piperidine rings is 1. The number of guanidine groups is 1. The molecule has 0 radical (unpaired) electrons. The van der Waals surface area contributed by atoms with Gasteiger partial charge in [-0.1, -0.05) is 0 Å². The van der Waals surface area contributed by atoms with Crippen LogP contribution < -0.4 is 10.6 Å². The molecule has 1 aromatic rings. The number of nitrogens with zero attached hydrogens (tertiary/aromatic N) is 4. The Hall–Kier alpha value is -1.60. The average molecular weight is 351 g/mol. The van der Waals surface area contributed by atoms with Crippen molar-refractivity contribution in [1.29, 1.82) is 0 Å². The van der Waals surface area contributed by atoms with E-state index in [9.17, 15) is 0 Å². The smallest absolute Gasteiger partial charge is 0.191 e. The van der Waals surface area contributed by atoms with Crippen LogP contribution in [0.3, 0.4) is 0 Å². The Labute approximate surface area is 151 Å². The summed E-state index contributed by atoms with van der Waals surface area (Å²) in [4.78, 5) is 6.82. The first-order chi connectivity index (χ1) is 12.1. The molecule has 0 amide bonds. The van der Waals surface area contributed by atoms with Crippen LogP contribution >= 0.6 is 0 Å². The van der Waals surface area contributed by atoms with Gasteiger partial charge in [0.2, 0.25) is 0 Å². The summed E-state index contributed by atoms with van der Waals surface area (Å²) in [5.41, 5.74) is 1.19. The third-order valence-electron chi connectivity index (χ3n) is 4.41. The van der Waals surface area contributed by atoms with Crippen molar-refractivity contribution < 1.29 is 4.74 Å². The lowest BCUT2D eigenvalue weighted by Crippen LogP contribution is -2.49. The Bertz CT molecular complexity index is 519. The minimum absolute atomic E-state index is 0.319. The minimum Gasteiger partial charge on any atom is -0.377 e. The highest BCUT2D eigenvalue weighted by atomic mass is 16.5. The fraction of sp³-hybridized carbons (Fsp3) is 0.778. The van der Waals surface area contributed by atoms with Crippen molar-refractivity contribution in [3.05, 3.63) is 18.0 Å². The molecule has 0 aliphatic carbocycles. The monoisotopic (exact) mass is 350 g/mol. The summed E-state index contributed by atoms with van der Waals surface area (Å²) < 4.78 is 7.59. The van der Waals surface area contributed by atoms with E-state index in [1.165, 1.54) is 5.56 Å². The largest absolute Gasteiger partial charge is 0.377 e. The molecule has 142 valence electrons. The number of aromatic nitrogens is 2. The molecule has 1 aliphatic rings. The molecule has 0 spiro atoms. The highest BCUT2D eigenvalue weighted by molar-refractivity contribution is 5.79. The van der Waals surface area contributed by atoms with Crippen molar-refractivity contribution in [1.82, 2.24) is 25.3 Å². The van der Waals surface area contributed by atoms with Gasteiger partial charge in [-0.15, -0.1) is 0 Å². The van der Waals surface area contributed by atoms with E-state index in [-0.39, 0.29) is 0 Å². The molecule has 0 unspecified atom stereocenters. The number of aryl methyl sites for hydroxylation is 1. The Morgan fingerprint density at radius 2 is 2.12 bits per heavy atom. The second kappa shape index (κ2) is 10.4. The summed E-state index contributed by atoms with van der Waals surface area (Å²) in [5, 5.41) is 11.2. The Balaban J connectivity index is 1.62. The van der Waals surface area contributed by atoms with E-state index in [1.54, 1.807) is 0 Å². The van der Waals surface area contributed by atoms with E-state index < -0.39 is 0 Å². The maximum absolute atomic E-state index is 5.64. The van der Waals surface area contributed by atoms with Crippen LogP contribution in [0.25, 0.3) is 0 Å². The molecule has 7 heteroatoms. The van der Waals surface area contributed by atoms with Crippen molar-refractivity contribution in [3.63, 3.8) is 0 Å². The van der Waals surface area contributed by atoms with Crippen LogP contribution in [0.15, 0.2) is 17.4 Å². The van der Waals surface area contributed by atoms with Gasteiger partial charge in [0.25, 0.3) is 0 Å². The Morgan fingerprint density at radius 3 is 2.72 bits per heavy atom. The van der Waals surface area contributed by atoms with Gasteiger partial charge in [-0.3, -0.25) is 9.67 Å². The fourth-order valence-corrected chi connectivity index (χ4v) is 2.98. The van der Waals surface area contributed by atoms with Gasteiger partial charge >= 0.3 is 0 Å². The molecule has 0 aromatic carbocycles. The number of nitrogens with one attached hydrogen (secondary N) is 2. The third kappa shape index (κ3) is 7.44. The van der Waals surface area contributed by atoms with Crippen LogP contribution in [0, 0.1) is 6.92 Å². The topological polar surface area (TPSA) is 66.7 Å². The molecule has 2 rings (SSSR count).